The number of amides is 3. The Morgan fingerprint density at radius 3 is 2.62 bits per heavy atom. The van der Waals surface area contributed by atoms with Gasteiger partial charge in [0.15, 0.2) is 5.82 Å². The molecule has 2 fully saturated rings. The molecular formula is C19H24N6O4. The number of hydrogen-bond acceptors (Lipinski definition) is 6. The molecule has 2 N–H and O–H groups in total. The highest BCUT2D eigenvalue weighted by molar-refractivity contribution is 6.09. The average Bonchev–Trinajstić information content (AvgIpc) is 3.02. The highest BCUT2D eigenvalue weighted by Crippen LogP contribution is 2.30. The van der Waals surface area contributed by atoms with Crippen LogP contribution in [0.15, 0.2) is 18.2 Å². The lowest BCUT2D eigenvalue weighted by atomic mass is 10.1. The number of fused-ring (bicyclic) bond motifs is 1. The molecule has 10 heteroatoms. The third-order valence-corrected chi connectivity index (χ3v) is 5.50. The summed E-state index contributed by atoms with van der Waals surface area (Å²) in [6.07, 6.45) is 0.424. The molecule has 4 rings (SSSR count). The standard InChI is InChI=1S/C19H24N6O4/c1-22-15-12-13(24-10-8-23(9-11-24)6-5-17(27)28)2-3-14(15)18(21-22)25-7-4-16(26)20-19(25)29/h2-3,12H,4-11H2,1H3,(H,27,28)(H,20,26,29). The molecule has 2 saturated heterocycles. The molecule has 0 atom stereocenters. The first-order valence-corrected chi connectivity index (χ1v) is 9.69. The van der Waals surface area contributed by atoms with Crippen molar-refractivity contribution in [3.8, 4) is 0 Å². The third-order valence-electron chi connectivity index (χ3n) is 5.50. The second kappa shape index (κ2) is 7.70. The second-order valence-corrected chi connectivity index (χ2v) is 7.38. The molecule has 2 aromatic rings. The van der Waals surface area contributed by atoms with Crippen LogP contribution in [-0.2, 0) is 16.6 Å². The van der Waals surface area contributed by atoms with Crippen LogP contribution in [0.2, 0.25) is 0 Å². The van der Waals surface area contributed by atoms with Gasteiger partial charge in [0.05, 0.1) is 11.9 Å². The van der Waals surface area contributed by atoms with Gasteiger partial charge in [-0.1, -0.05) is 0 Å². The lowest BCUT2D eigenvalue weighted by Crippen LogP contribution is -2.49. The first-order chi connectivity index (χ1) is 13.9. The molecule has 2 aliphatic rings. The number of piperazine rings is 1. The zero-order valence-electron chi connectivity index (χ0n) is 16.3. The van der Waals surface area contributed by atoms with Crippen molar-refractivity contribution in [1.29, 1.82) is 0 Å². The Morgan fingerprint density at radius 1 is 1.17 bits per heavy atom. The molecule has 2 aliphatic heterocycles. The molecule has 10 nitrogen and oxygen atoms in total. The molecular weight excluding hydrogens is 376 g/mol. The van der Waals surface area contributed by atoms with Gasteiger partial charge in [0.2, 0.25) is 5.91 Å². The SMILES string of the molecule is Cn1nc(N2CCC(=O)NC2=O)c2ccc(N3CCN(CCC(=O)O)CC3)cc21. The van der Waals surface area contributed by atoms with Crippen molar-refractivity contribution in [3.05, 3.63) is 18.2 Å². The van der Waals surface area contributed by atoms with Crippen LogP contribution in [0.4, 0.5) is 16.3 Å². The molecule has 1 aromatic heterocycles. The Hall–Kier alpha value is -3.14. The Morgan fingerprint density at radius 2 is 1.93 bits per heavy atom. The Bertz CT molecular complexity index is 963. The van der Waals surface area contributed by atoms with E-state index in [1.54, 1.807) is 4.68 Å². The minimum atomic E-state index is -0.767. The van der Waals surface area contributed by atoms with Crippen LogP contribution in [-0.4, -0.2) is 77.0 Å². The molecule has 0 spiro atoms. The number of urea groups is 1. The molecule has 29 heavy (non-hydrogen) atoms. The lowest BCUT2D eigenvalue weighted by Gasteiger charge is -2.36. The number of aromatic nitrogens is 2. The number of nitrogens with zero attached hydrogens (tertiary/aromatic N) is 5. The minimum Gasteiger partial charge on any atom is -0.481 e. The van der Waals surface area contributed by atoms with Gasteiger partial charge in [0, 0.05) is 63.8 Å². The van der Waals surface area contributed by atoms with E-state index < -0.39 is 12.0 Å². The van der Waals surface area contributed by atoms with Gasteiger partial charge in [-0.05, 0) is 18.2 Å². The monoisotopic (exact) mass is 400 g/mol. The largest absolute Gasteiger partial charge is 0.481 e. The molecule has 154 valence electrons. The molecule has 0 bridgehead atoms. The zero-order chi connectivity index (χ0) is 20.5. The van der Waals surface area contributed by atoms with Crippen molar-refractivity contribution in [2.24, 2.45) is 7.05 Å². The molecule has 0 radical (unpaired) electrons. The van der Waals surface area contributed by atoms with Crippen LogP contribution in [0.3, 0.4) is 0 Å². The highest BCUT2D eigenvalue weighted by atomic mass is 16.4. The maximum Gasteiger partial charge on any atom is 0.329 e. The summed E-state index contributed by atoms with van der Waals surface area (Å²) >= 11 is 0. The number of nitrogens with one attached hydrogen (secondary N) is 1. The quantitative estimate of drug-likeness (QED) is 0.757. The number of aliphatic carboxylic acids is 1. The van der Waals surface area contributed by atoms with Crippen molar-refractivity contribution in [2.45, 2.75) is 12.8 Å². The van der Waals surface area contributed by atoms with Gasteiger partial charge in [0.25, 0.3) is 0 Å². The third kappa shape index (κ3) is 3.88. The van der Waals surface area contributed by atoms with Crippen LogP contribution in [0.25, 0.3) is 10.9 Å². The Balaban J connectivity index is 1.51. The fourth-order valence-corrected chi connectivity index (χ4v) is 3.87. The summed E-state index contributed by atoms with van der Waals surface area (Å²) in [4.78, 5) is 40.3. The topological polar surface area (TPSA) is 111 Å². The van der Waals surface area contributed by atoms with Crippen LogP contribution in [0, 0.1) is 0 Å². The first-order valence-electron chi connectivity index (χ1n) is 9.69. The van der Waals surface area contributed by atoms with Gasteiger partial charge in [-0.25, -0.2) is 4.79 Å². The van der Waals surface area contributed by atoms with Crippen LogP contribution < -0.4 is 15.1 Å². The number of benzene rings is 1. The van der Waals surface area contributed by atoms with Crippen molar-refractivity contribution >= 4 is 40.3 Å². The fourth-order valence-electron chi connectivity index (χ4n) is 3.87. The van der Waals surface area contributed by atoms with Crippen molar-refractivity contribution < 1.29 is 19.5 Å². The molecule has 0 aliphatic carbocycles. The van der Waals surface area contributed by atoms with E-state index in [0.29, 0.717) is 18.9 Å². The van der Waals surface area contributed by atoms with Gasteiger partial charge in [-0.3, -0.25) is 29.4 Å². The van der Waals surface area contributed by atoms with E-state index in [9.17, 15) is 14.4 Å². The fraction of sp³-hybridized carbons (Fsp3) is 0.474. The molecule has 0 unspecified atom stereocenters. The predicted molar refractivity (Wildman–Crippen MR) is 107 cm³/mol. The van der Waals surface area contributed by atoms with E-state index in [-0.39, 0.29) is 18.7 Å². The van der Waals surface area contributed by atoms with Crippen molar-refractivity contribution in [2.75, 3.05) is 49.1 Å². The van der Waals surface area contributed by atoms with E-state index in [1.807, 2.05) is 19.2 Å². The summed E-state index contributed by atoms with van der Waals surface area (Å²) < 4.78 is 1.75. The van der Waals surface area contributed by atoms with Gasteiger partial charge in [-0.15, -0.1) is 0 Å². The Labute approximate surface area is 167 Å². The zero-order valence-corrected chi connectivity index (χ0v) is 16.3. The van der Waals surface area contributed by atoms with Gasteiger partial charge in [-0.2, -0.15) is 5.10 Å². The van der Waals surface area contributed by atoms with Crippen molar-refractivity contribution in [3.63, 3.8) is 0 Å². The summed E-state index contributed by atoms with van der Waals surface area (Å²) in [5.41, 5.74) is 1.98. The number of hydrogen-bond donors (Lipinski definition) is 2. The summed E-state index contributed by atoms with van der Waals surface area (Å²) in [6, 6.07) is 5.61. The van der Waals surface area contributed by atoms with Crippen molar-refractivity contribution in [1.82, 2.24) is 20.0 Å². The van der Waals surface area contributed by atoms with Crippen LogP contribution in [0.5, 0.6) is 0 Å². The normalized spacial score (nSPS) is 18.4. The molecule has 0 saturated carbocycles. The van der Waals surface area contributed by atoms with Crippen LogP contribution in [0.1, 0.15) is 12.8 Å². The minimum absolute atomic E-state index is 0.166. The van der Waals surface area contributed by atoms with Crippen LogP contribution >= 0.6 is 0 Å². The number of rotatable bonds is 5. The molecule has 3 amide bonds. The maximum absolute atomic E-state index is 12.2. The van der Waals surface area contributed by atoms with Gasteiger partial charge < -0.3 is 10.0 Å². The van der Waals surface area contributed by atoms with E-state index in [4.69, 9.17) is 5.11 Å². The number of carbonyl (C=O) groups excluding carboxylic acids is 2. The second-order valence-electron chi connectivity index (χ2n) is 7.38. The van der Waals surface area contributed by atoms with E-state index in [2.05, 4.69) is 26.3 Å². The number of imide groups is 1. The first kappa shape index (κ1) is 19.2. The summed E-state index contributed by atoms with van der Waals surface area (Å²) in [7, 11) is 1.84. The summed E-state index contributed by atoms with van der Waals surface area (Å²) in [5.74, 6) is -0.481. The number of carboxylic acid groups (broad SMARTS) is 1. The van der Waals surface area contributed by atoms with Gasteiger partial charge in [0.1, 0.15) is 0 Å². The molecule has 3 heterocycles. The number of carbonyl (C=O) groups is 3. The Kier molecular flexibility index (Phi) is 5.10. The molecule has 1 aromatic carbocycles. The predicted octanol–water partition coefficient (Wildman–Crippen LogP) is 0.616. The van der Waals surface area contributed by atoms with E-state index >= 15 is 0 Å². The number of carboxylic acids is 1. The smallest absolute Gasteiger partial charge is 0.329 e. The van der Waals surface area contributed by atoms with E-state index in [1.165, 1.54) is 4.90 Å². The summed E-state index contributed by atoms with van der Waals surface area (Å²) in [5, 5.41) is 16.5. The van der Waals surface area contributed by atoms with Gasteiger partial charge >= 0.3 is 12.0 Å². The summed E-state index contributed by atoms with van der Waals surface area (Å²) in [6.45, 7) is 4.19. The number of aryl methyl sites for hydroxylation is 1. The highest BCUT2D eigenvalue weighted by Gasteiger charge is 2.28. The average molecular weight is 400 g/mol. The number of anilines is 2. The lowest BCUT2D eigenvalue weighted by molar-refractivity contribution is -0.137. The maximum atomic E-state index is 12.2. The van der Waals surface area contributed by atoms with E-state index in [0.717, 1.165) is 42.8 Å².